The lowest BCUT2D eigenvalue weighted by Crippen LogP contribution is -2.09. The van der Waals surface area contributed by atoms with Crippen LogP contribution in [0.1, 0.15) is 22.1 Å². The van der Waals surface area contributed by atoms with Gasteiger partial charge >= 0.3 is 5.97 Å². The molecule has 0 aliphatic rings. The van der Waals surface area contributed by atoms with Crippen molar-refractivity contribution in [2.75, 3.05) is 5.73 Å². The van der Waals surface area contributed by atoms with Crippen LogP contribution in [0.5, 0.6) is 5.75 Å². The molecule has 0 amide bonds. The molecule has 2 N–H and O–H groups in total. The lowest BCUT2D eigenvalue weighted by Gasteiger charge is -2.07. The van der Waals surface area contributed by atoms with Crippen molar-refractivity contribution >= 4 is 34.9 Å². The van der Waals surface area contributed by atoms with Gasteiger partial charge in [-0.2, -0.15) is 4.98 Å². The number of esters is 1. The van der Waals surface area contributed by atoms with Gasteiger partial charge in [0.2, 0.25) is 5.82 Å². The summed E-state index contributed by atoms with van der Waals surface area (Å²) in [5.41, 5.74) is 5.84. The average Bonchev–Trinajstić information content (AvgIpc) is 3.10. The number of carbonyl (C=O) groups excluding carboxylic acids is 1. The van der Waals surface area contributed by atoms with E-state index in [0.717, 1.165) is 0 Å². The van der Waals surface area contributed by atoms with Crippen LogP contribution in [0.25, 0.3) is 0 Å². The maximum atomic E-state index is 12.8. The minimum absolute atomic E-state index is 0.0000713. The van der Waals surface area contributed by atoms with Gasteiger partial charge in [-0.15, -0.1) is 0 Å². The Kier molecular flexibility index (Phi) is 5.78. The van der Waals surface area contributed by atoms with Crippen LogP contribution < -0.4 is 10.5 Å². The fourth-order valence-electron chi connectivity index (χ4n) is 2.04. The fraction of sp³-hybridized carbons (Fsp3) is 0.118. The summed E-state index contributed by atoms with van der Waals surface area (Å²) in [6.45, 7) is -0.272. The Hall–Kier alpha value is -2.84. The van der Waals surface area contributed by atoms with Crippen molar-refractivity contribution in [1.29, 1.82) is 0 Å². The van der Waals surface area contributed by atoms with Crippen LogP contribution >= 0.6 is 23.2 Å². The molecule has 1 heterocycles. The second-order valence-electron chi connectivity index (χ2n) is 5.27. The zero-order valence-electron chi connectivity index (χ0n) is 13.6. The Bertz CT molecular complexity index is 963. The van der Waals surface area contributed by atoms with Gasteiger partial charge in [0.1, 0.15) is 11.6 Å². The second-order valence-corrected chi connectivity index (χ2v) is 6.12. The molecule has 140 valence electrons. The summed E-state index contributed by atoms with van der Waals surface area (Å²) < 4.78 is 28.3. The first-order valence-electron chi connectivity index (χ1n) is 7.54. The molecule has 0 aliphatic heterocycles. The number of halogens is 3. The summed E-state index contributed by atoms with van der Waals surface area (Å²) >= 11 is 11.7. The molecule has 0 saturated carbocycles. The lowest BCUT2D eigenvalue weighted by molar-refractivity contribution is 0.0431. The van der Waals surface area contributed by atoms with E-state index in [9.17, 15) is 9.18 Å². The molecule has 0 saturated heterocycles. The maximum Gasteiger partial charge on any atom is 0.340 e. The number of rotatable bonds is 6. The van der Waals surface area contributed by atoms with Crippen molar-refractivity contribution in [3.05, 3.63) is 69.5 Å². The molecule has 0 fully saturated rings. The molecule has 27 heavy (non-hydrogen) atoms. The highest BCUT2D eigenvalue weighted by molar-refractivity contribution is 6.37. The summed E-state index contributed by atoms with van der Waals surface area (Å²) in [6.07, 6.45) is 0. The first kappa shape index (κ1) is 18.9. The number of carbonyl (C=O) groups is 1. The first-order valence-corrected chi connectivity index (χ1v) is 8.29. The van der Waals surface area contributed by atoms with Gasteiger partial charge in [-0.05, 0) is 36.4 Å². The number of aromatic nitrogens is 2. The quantitative estimate of drug-likeness (QED) is 0.482. The first-order chi connectivity index (χ1) is 12.9. The molecule has 3 aromatic rings. The molecule has 0 spiro atoms. The molecule has 0 aliphatic carbocycles. The highest BCUT2D eigenvalue weighted by atomic mass is 35.5. The molecular weight excluding hydrogens is 400 g/mol. The normalized spacial score (nSPS) is 10.6. The third-order valence-corrected chi connectivity index (χ3v) is 3.86. The number of anilines is 1. The van der Waals surface area contributed by atoms with E-state index in [4.69, 9.17) is 42.9 Å². The Labute approximate surface area is 162 Å². The molecule has 0 bridgehead atoms. The summed E-state index contributed by atoms with van der Waals surface area (Å²) in [4.78, 5) is 16.2. The summed E-state index contributed by atoms with van der Waals surface area (Å²) in [5, 5.41) is 4.10. The van der Waals surface area contributed by atoms with Gasteiger partial charge in [0, 0.05) is 5.02 Å². The monoisotopic (exact) mass is 411 g/mol. The van der Waals surface area contributed by atoms with E-state index in [0.29, 0.717) is 5.75 Å². The molecular formula is C17H12Cl2FN3O4. The predicted molar refractivity (Wildman–Crippen MR) is 95.0 cm³/mol. The van der Waals surface area contributed by atoms with Crippen molar-refractivity contribution in [2.45, 2.75) is 13.2 Å². The summed E-state index contributed by atoms with van der Waals surface area (Å²) in [7, 11) is 0. The van der Waals surface area contributed by atoms with Crippen LogP contribution in [0.2, 0.25) is 10.0 Å². The number of nitrogens with zero attached hydrogens (tertiary/aromatic N) is 2. The number of nitrogens with two attached hydrogens (primary N) is 1. The second kappa shape index (κ2) is 8.24. The number of ether oxygens (including phenoxy) is 2. The minimum atomic E-state index is -0.737. The zero-order valence-corrected chi connectivity index (χ0v) is 15.1. The van der Waals surface area contributed by atoms with Crippen molar-refractivity contribution < 1.29 is 23.2 Å². The van der Waals surface area contributed by atoms with Crippen LogP contribution in [0.4, 0.5) is 10.1 Å². The summed E-state index contributed by atoms with van der Waals surface area (Å²) in [6, 6.07) is 8.24. The molecule has 3 rings (SSSR count). The maximum absolute atomic E-state index is 12.8. The zero-order chi connectivity index (χ0) is 19.4. The molecule has 2 aromatic carbocycles. The largest absolute Gasteiger partial charge is 0.485 e. The molecule has 0 unspecified atom stereocenters. The number of hydrogen-bond acceptors (Lipinski definition) is 7. The predicted octanol–water partition coefficient (Wildman–Crippen LogP) is 4.03. The topological polar surface area (TPSA) is 100 Å². The van der Waals surface area contributed by atoms with Gasteiger partial charge in [0.25, 0.3) is 5.89 Å². The van der Waals surface area contributed by atoms with E-state index in [1.165, 1.54) is 36.4 Å². The lowest BCUT2D eigenvalue weighted by atomic mass is 10.2. The molecule has 0 radical (unpaired) electrons. The molecule has 1 aromatic heterocycles. The fourth-order valence-corrected chi connectivity index (χ4v) is 2.54. The van der Waals surface area contributed by atoms with Crippen LogP contribution in [-0.4, -0.2) is 16.1 Å². The van der Waals surface area contributed by atoms with E-state index in [1.807, 2.05) is 0 Å². The Morgan fingerprint density at radius 3 is 2.67 bits per heavy atom. The standard InChI is InChI=1S/C17H12Cl2FN3O4/c18-9-5-12(16(21)13(19)6-9)17(24)26-8-15-22-14(23-27-15)7-25-11-3-1-10(20)2-4-11/h1-6H,7-8,21H2. The van der Waals surface area contributed by atoms with Gasteiger partial charge in [-0.1, -0.05) is 28.4 Å². The Morgan fingerprint density at radius 1 is 1.19 bits per heavy atom. The minimum Gasteiger partial charge on any atom is -0.485 e. The van der Waals surface area contributed by atoms with Gasteiger partial charge < -0.3 is 19.7 Å². The van der Waals surface area contributed by atoms with Crippen molar-refractivity contribution in [1.82, 2.24) is 10.1 Å². The van der Waals surface area contributed by atoms with E-state index >= 15 is 0 Å². The highest BCUT2D eigenvalue weighted by Gasteiger charge is 2.17. The smallest absolute Gasteiger partial charge is 0.340 e. The van der Waals surface area contributed by atoms with Crippen LogP contribution in [-0.2, 0) is 18.0 Å². The van der Waals surface area contributed by atoms with E-state index < -0.39 is 5.97 Å². The van der Waals surface area contributed by atoms with Crippen LogP contribution in [0, 0.1) is 5.82 Å². The Balaban J connectivity index is 1.56. The number of benzene rings is 2. The van der Waals surface area contributed by atoms with Gasteiger partial charge in [-0.3, -0.25) is 0 Å². The van der Waals surface area contributed by atoms with Crippen molar-refractivity contribution in [3.63, 3.8) is 0 Å². The molecule has 0 atom stereocenters. The summed E-state index contributed by atoms with van der Waals surface area (Å²) in [5.74, 6) is -0.363. The van der Waals surface area contributed by atoms with E-state index in [2.05, 4.69) is 10.1 Å². The van der Waals surface area contributed by atoms with Crippen molar-refractivity contribution in [3.8, 4) is 5.75 Å². The van der Waals surface area contributed by atoms with Crippen LogP contribution in [0.3, 0.4) is 0 Å². The Morgan fingerprint density at radius 2 is 1.93 bits per heavy atom. The SMILES string of the molecule is Nc1c(Cl)cc(Cl)cc1C(=O)OCc1nc(COc2ccc(F)cc2)no1. The van der Waals surface area contributed by atoms with Gasteiger partial charge in [0.15, 0.2) is 13.2 Å². The van der Waals surface area contributed by atoms with Crippen LogP contribution in [0.15, 0.2) is 40.9 Å². The number of hydrogen-bond donors (Lipinski definition) is 1. The number of nitrogen functional groups attached to an aromatic ring is 1. The van der Waals surface area contributed by atoms with Gasteiger partial charge in [-0.25, -0.2) is 9.18 Å². The molecule has 10 heteroatoms. The highest BCUT2D eigenvalue weighted by Crippen LogP contribution is 2.28. The average molecular weight is 412 g/mol. The van der Waals surface area contributed by atoms with E-state index in [1.54, 1.807) is 0 Å². The molecule has 7 nitrogen and oxygen atoms in total. The van der Waals surface area contributed by atoms with Crippen molar-refractivity contribution in [2.24, 2.45) is 0 Å². The third-order valence-electron chi connectivity index (χ3n) is 3.33. The van der Waals surface area contributed by atoms with Gasteiger partial charge in [0.05, 0.1) is 16.3 Å². The third kappa shape index (κ3) is 4.87. The van der Waals surface area contributed by atoms with E-state index in [-0.39, 0.29) is 52.0 Å².